The van der Waals surface area contributed by atoms with Gasteiger partial charge in [-0.15, -0.1) is 5.10 Å². The summed E-state index contributed by atoms with van der Waals surface area (Å²) >= 11 is 0. The molecule has 1 fully saturated rings. The van der Waals surface area contributed by atoms with Crippen molar-refractivity contribution in [2.24, 2.45) is 0 Å². The van der Waals surface area contributed by atoms with Gasteiger partial charge in [0.05, 0.1) is 25.5 Å². The first-order chi connectivity index (χ1) is 8.77. The number of hydrogen-bond donors (Lipinski definition) is 0. The average molecular weight is 253 g/mol. The first kappa shape index (κ1) is 13.0. The number of aromatic nitrogens is 3. The first-order valence-electron chi connectivity index (χ1n) is 6.46. The quantitative estimate of drug-likeness (QED) is 0.542. The summed E-state index contributed by atoms with van der Waals surface area (Å²) in [4.78, 5) is 11.8. The molecule has 100 valence electrons. The van der Waals surface area contributed by atoms with Gasteiger partial charge in [0.2, 0.25) is 0 Å². The van der Waals surface area contributed by atoms with Crippen LogP contribution >= 0.6 is 0 Å². The molecule has 0 aliphatic heterocycles. The molecule has 0 atom stereocenters. The summed E-state index contributed by atoms with van der Waals surface area (Å²) < 4.78 is 12.1. The van der Waals surface area contributed by atoms with Crippen molar-refractivity contribution >= 4 is 5.97 Å². The summed E-state index contributed by atoms with van der Waals surface area (Å²) in [5.41, 5.74) is 1.28. The van der Waals surface area contributed by atoms with E-state index in [1.54, 1.807) is 11.6 Å². The van der Waals surface area contributed by atoms with Crippen molar-refractivity contribution in [1.29, 1.82) is 0 Å². The molecule has 6 nitrogen and oxygen atoms in total. The van der Waals surface area contributed by atoms with E-state index in [2.05, 4.69) is 10.3 Å². The fourth-order valence-corrected chi connectivity index (χ4v) is 1.89. The van der Waals surface area contributed by atoms with Crippen molar-refractivity contribution in [3.8, 4) is 0 Å². The van der Waals surface area contributed by atoms with Gasteiger partial charge in [-0.05, 0) is 26.7 Å². The Balaban J connectivity index is 2.12. The zero-order chi connectivity index (χ0) is 13.0. The van der Waals surface area contributed by atoms with Crippen LogP contribution in [0.25, 0.3) is 0 Å². The third-order valence-electron chi connectivity index (χ3n) is 2.86. The Labute approximate surface area is 106 Å². The van der Waals surface area contributed by atoms with Crippen LogP contribution in [0.1, 0.15) is 48.8 Å². The lowest BCUT2D eigenvalue weighted by Gasteiger charge is -2.06. The Morgan fingerprint density at radius 2 is 2.17 bits per heavy atom. The maximum absolute atomic E-state index is 11.8. The van der Waals surface area contributed by atoms with Crippen LogP contribution in [0.3, 0.4) is 0 Å². The minimum atomic E-state index is -0.373. The molecule has 1 aliphatic carbocycles. The van der Waals surface area contributed by atoms with Crippen LogP contribution < -0.4 is 0 Å². The molecule has 2 rings (SSSR count). The summed E-state index contributed by atoms with van der Waals surface area (Å²) in [6.07, 6.45) is 2.18. The van der Waals surface area contributed by atoms with Crippen LogP contribution in [-0.4, -0.2) is 40.8 Å². The van der Waals surface area contributed by atoms with Gasteiger partial charge < -0.3 is 9.47 Å². The Bertz CT molecular complexity index is 413. The van der Waals surface area contributed by atoms with E-state index in [4.69, 9.17) is 9.47 Å². The number of rotatable bonds is 7. The van der Waals surface area contributed by atoms with E-state index in [-0.39, 0.29) is 5.97 Å². The number of hydrogen-bond acceptors (Lipinski definition) is 5. The summed E-state index contributed by atoms with van der Waals surface area (Å²) in [7, 11) is 0. The molecule has 18 heavy (non-hydrogen) atoms. The largest absolute Gasteiger partial charge is 0.461 e. The Kier molecular flexibility index (Phi) is 4.30. The number of carbonyl (C=O) groups is 1. The van der Waals surface area contributed by atoms with Gasteiger partial charge >= 0.3 is 5.97 Å². The SMILES string of the molecule is CCOCCn1nnc(C(=O)OCC)c1C1CC1. The normalized spacial score (nSPS) is 14.8. The monoisotopic (exact) mass is 253 g/mol. The molecule has 1 aromatic heterocycles. The predicted molar refractivity (Wildman–Crippen MR) is 64.4 cm³/mol. The van der Waals surface area contributed by atoms with E-state index in [0.29, 0.717) is 38.0 Å². The molecule has 0 spiro atoms. The van der Waals surface area contributed by atoms with Crippen LogP contribution in [0.2, 0.25) is 0 Å². The smallest absolute Gasteiger partial charge is 0.360 e. The maximum Gasteiger partial charge on any atom is 0.360 e. The van der Waals surface area contributed by atoms with E-state index < -0.39 is 0 Å². The summed E-state index contributed by atoms with van der Waals surface area (Å²) in [5.74, 6) is 0.0306. The Hall–Kier alpha value is -1.43. The zero-order valence-electron chi connectivity index (χ0n) is 10.9. The molecule has 0 aromatic carbocycles. The molecule has 0 radical (unpaired) electrons. The summed E-state index contributed by atoms with van der Waals surface area (Å²) in [5, 5.41) is 8.00. The number of esters is 1. The van der Waals surface area contributed by atoms with Crippen molar-refractivity contribution in [3.05, 3.63) is 11.4 Å². The molecule has 1 saturated carbocycles. The third kappa shape index (κ3) is 2.87. The van der Waals surface area contributed by atoms with Gasteiger partial charge in [0.25, 0.3) is 0 Å². The third-order valence-corrected chi connectivity index (χ3v) is 2.86. The highest BCUT2D eigenvalue weighted by molar-refractivity contribution is 5.88. The Morgan fingerprint density at radius 3 is 2.78 bits per heavy atom. The number of nitrogens with zero attached hydrogens (tertiary/aromatic N) is 3. The molecule has 0 saturated heterocycles. The van der Waals surface area contributed by atoms with Crippen LogP contribution in [-0.2, 0) is 16.0 Å². The maximum atomic E-state index is 11.8. The van der Waals surface area contributed by atoms with E-state index in [1.807, 2.05) is 6.92 Å². The van der Waals surface area contributed by atoms with Crippen molar-refractivity contribution in [2.45, 2.75) is 39.2 Å². The van der Waals surface area contributed by atoms with Crippen molar-refractivity contribution in [3.63, 3.8) is 0 Å². The minimum absolute atomic E-state index is 0.356. The van der Waals surface area contributed by atoms with E-state index in [0.717, 1.165) is 18.5 Å². The molecule has 0 amide bonds. The van der Waals surface area contributed by atoms with E-state index in [9.17, 15) is 4.79 Å². The molecule has 0 unspecified atom stereocenters. The van der Waals surface area contributed by atoms with Gasteiger partial charge in [-0.3, -0.25) is 0 Å². The van der Waals surface area contributed by atoms with Gasteiger partial charge in [0.1, 0.15) is 0 Å². The standard InChI is InChI=1S/C12H19N3O3/c1-3-17-8-7-15-11(9-5-6-9)10(13-14-15)12(16)18-4-2/h9H,3-8H2,1-2H3. The highest BCUT2D eigenvalue weighted by Crippen LogP contribution is 2.41. The van der Waals surface area contributed by atoms with Crippen molar-refractivity contribution < 1.29 is 14.3 Å². The lowest BCUT2D eigenvalue weighted by Crippen LogP contribution is -2.13. The first-order valence-corrected chi connectivity index (χ1v) is 6.46. The van der Waals surface area contributed by atoms with Crippen molar-refractivity contribution in [2.75, 3.05) is 19.8 Å². The van der Waals surface area contributed by atoms with Gasteiger partial charge in [-0.1, -0.05) is 5.21 Å². The lowest BCUT2D eigenvalue weighted by atomic mass is 10.2. The predicted octanol–water partition coefficient (Wildman–Crippen LogP) is 1.37. The molecule has 0 N–H and O–H groups in total. The molecular weight excluding hydrogens is 234 g/mol. The van der Waals surface area contributed by atoms with Crippen LogP contribution in [0.15, 0.2) is 0 Å². The molecule has 1 heterocycles. The fourth-order valence-electron chi connectivity index (χ4n) is 1.89. The van der Waals surface area contributed by atoms with Crippen LogP contribution in [0.5, 0.6) is 0 Å². The lowest BCUT2D eigenvalue weighted by molar-refractivity contribution is 0.0517. The highest BCUT2D eigenvalue weighted by Gasteiger charge is 2.34. The molecule has 0 bridgehead atoms. The number of carbonyl (C=O) groups excluding carboxylic acids is 1. The van der Waals surface area contributed by atoms with Gasteiger partial charge in [-0.2, -0.15) is 0 Å². The second kappa shape index (κ2) is 5.95. The Morgan fingerprint density at radius 1 is 1.39 bits per heavy atom. The van der Waals surface area contributed by atoms with Gasteiger partial charge in [-0.25, -0.2) is 9.48 Å². The highest BCUT2D eigenvalue weighted by atomic mass is 16.5. The van der Waals surface area contributed by atoms with E-state index >= 15 is 0 Å². The van der Waals surface area contributed by atoms with Crippen LogP contribution in [0.4, 0.5) is 0 Å². The molecule has 6 heteroatoms. The van der Waals surface area contributed by atoms with E-state index in [1.165, 1.54) is 0 Å². The molecular formula is C12H19N3O3. The zero-order valence-corrected chi connectivity index (χ0v) is 10.9. The van der Waals surface area contributed by atoms with Crippen molar-refractivity contribution in [1.82, 2.24) is 15.0 Å². The average Bonchev–Trinajstić information content (AvgIpc) is 3.11. The second-order valence-corrected chi connectivity index (χ2v) is 4.24. The topological polar surface area (TPSA) is 66.2 Å². The fraction of sp³-hybridized carbons (Fsp3) is 0.750. The number of ether oxygens (including phenoxy) is 2. The van der Waals surface area contributed by atoms with Gasteiger partial charge in [0, 0.05) is 12.5 Å². The van der Waals surface area contributed by atoms with Crippen LogP contribution in [0, 0.1) is 0 Å². The summed E-state index contributed by atoms with van der Waals surface area (Å²) in [6.45, 7) is 5.99. The minimum Gasteiger partial charge on any atom is -0.461 e. The summed E-state index contributed by atoms with van der Waals surface area (Å²) in [6, 6.07) is 0. The molecule has 1 aliphatic rings. The second-order valence-electron chi connectivity index (χ2n) is 4.24. The molecule has 1 aromatic rings. The van der Waals surface area contributed by atoms with Gasteiger partial charge in [0.15, 0.2) is 5.69 Å².